The van der Waals surface area contributed by atoms with E-state index < -0.39 is 5.91 Å². The van der Waals surface area contributed by atoms with Crippen LogP contribution in [-0.4, -0.2) is 11.7 Å². The lowest BCUT2D eigenvalue weighted by molar-refractivity contribution is 0.0997. The lowest BCUT2D eigenvalue weighted by atomic mass is 10.1. The second-order valence-electron chi connectivity index (χ2n) is 2.86. The third-order valence-corrected chi connectivity index (χ3v) is 2.02. The number of carbonyl (C=O) groups is 2. The Bertz CT molecular complexity index is 433. The molecule has 0 saturated carbocycles. The average Bonchev–Trinajstić information content (AvgIpc) is 2.47. The molecule has 0 spiro atoms. The second kappa shape index (κ2) is 2.55. The van der Waals surface area contributed by atoms with E-state index in [0.29, 0.717) is 11.1 Å². The number of nitrogens with two attached hydrogens (primary N) is 1. The third kappa shape index (κ3) is 1.14. The highest BCUT2D eigenvalue weighted by Crippen LogP contribution is 2.20. The minimum absolute atomic E-state index is 0.0222. The molecule has 1 amide bonds. The first-order chi connectivity index (χ1) is 6.18. The number of ketones is 1. The fourth-order valence-corrected chi connectivity index (χ4v) is 1.33. The van der Waals surface area contributed by atoms with Crippen LogP contribution in [0.3, 0.4) is 0 Å². The van der Waals surface area contributed by atoms with Gasteiger partial charge in [0, 0.05) is 11.1 Å². The molecule has 13 heavy (non-hydrogen) atoms. The Hall–Kier alpha value is -1.90. The molecule has 0 heterocycles. The van der Waals surface area contributed by atoms with Crippen molar-refractivity contribution in [3.8, 4) is 0 Å². The molecule has 3 heteroatoms. The van der Waals surface area contributed by atoms with Gasteiger partial charge in [-0.25, -0.2) is 0 Å². The molecule has 0 fully saturated rings. The zero-order chi connectivity index (χ0) is 9.42. The molecule has 64 valence electrons. The van der Waals surface area contributed by atoms with Gasteiger partial charge in [0.2, 0.25) is 5.91 Å². The number of rotatable bonds is 1. The lowest BCUT2D eigenvalue weighted by Crippen LogP contribution is -2.11. The Morgan fingerprint density at radius 2 is 2.00 bits per heavy atom. The zero-order valence-electron chi connectivity index (χ0n) is 6.78. The van der Waals surface area contributed by atoms with Crippen LogP contribution in [0.15, 0.2) is 24.3 Å². The molecule has 3 nitrogen and oxygen atoms in total. The normalized spacial score (nSPS) is 13.1. The van der Waals surface area contributed by atoms with E-state index >= 15 is 0 Å². The molecule has 0 aliphatic heterocycles. The van der Waals surface area contributed by atoms with E-state index in [2.05, 4.69) is 0 Å². The number of carbonyl (C=O) groups excluding carboxylic acids is 2. The Morgan fingerprint density at radius 3 is 2.69 bits per heavy atom. The molecule has 1 aromatic carbocycles. The van der Waals surface area contributed by atoms with E-state index in [-0.39, 0.29) is 5.78 Å². The molecule has 0 saturated heterocycles. The van der Waals surface area contributed by atoms with E-state index in [9.17, 15) is 9.59 Å². The molecule has 0 unspecified atom stereocenters. The van der Waals surface area contributed by atoms with Gasteiger partial charge in [0.05, 0.1) is 0 Å². The van der Waals surface area contributed by atoms with Gasteiger partial charge in [0.1, 0.15) is 0 Å². The van der Waals surface area contributed by atoms with Gasteiger partial charge in [-0.1, -0.05) is 6.08 Å². The van der Waals surface area contributed by atoms with E-state index in [1.165, 1.54) is 6.08 Å². The standard InChI is InChI=1S/C10H7NO2/c11-10(13)7-1-3-8-6(5-7)2-4-9(8)12/h1-5H,(H2,11,13). The smallest absolute Gasteiger partial charge is 0.248 e. The maximum Gasteiger partial charge on any atom is 0.248 e. The summed E-state index contributed by atoms with van der Waals surface area (Å²) < 4.78 is 0. The number of hydrogen-bond donors (Lipinski definition) is 1. The number of fused-ring (bicyclic) bond motifs is 1. The number of allylic oxidation sites excluding steroid dienone is 1. The monoisotopic (exact) mass is 173 g/mol. The topological polar surface area (TPSA) is 60.2 Å². The van der Waals surface area contributed by atoms with Crippen LogP contribution in [0, 0.1) is 0 Å². The van der Waals surface area contributed by atoms with Gasteiger partial charge >= 0.3 is 0 Å². The summed E-state index contributed by atoms with van der Waals surface area (Å²) in [4.78, 5) is 21.9. The van der Waals surface area contributed by atoms with Crippen LogP contribution in [0.2, 0.25) is 0 Å². The van der Waals surface area contributed by atoms with E-state index in [0.717, 1.165) is 5.56 Å². The van der Waals surface area contributed by atoms with Crippen LogP contribution in [0.4, 0.5) is 0 Å². The number of primary amides is 1. The molecule has 0 radical (unpaired) electrons. The Labute approximate surface area is 74.9 Å². The minimum atomic E-state index is -0.476. The summed E-state index contributed by atoms with van der Waals surface area (Å²) in [5.74, 6) is -0.499. The molecular weight excluding hydrogens is 166 g/mol. The van der Waals surface area contributed by atoms with Gasteiger partial charge in [-0.15, -0.1) is 0 Å². The summed E-state index contributed by atoms with van der Waals surface area (Å²) in [6, 6.07) is 4.81. The summed E-state index contributed by atoms with van der Waals surface area (Å²) in [6.45, 7) is 0. The van der Waals surface area contributed by atoms with E-state index in [1.54, 1.807) is 24.3 Å². The van der Waals surface area contributed by atoms with E-state index in [4.69, 9.17) is 5.73 Å². The fraction of sp³-hybridized carbons (Fsp3) is 0. The van der Waals surface area contributed by atoms with Crippen molar-refractivity contribution in [1.29, 1.82) is 0 Å². The van der Waals surface area contributed by atoms with E-state index in [1.807, 2.05) is 0 Å². The summed E-state index contributed by atoms with van der Waals surface area (Å²) >= 11 is 0. The molecule has 1 aromatic rings. The van der Waals surface area contributed by atoms with Crippen molar-refractivity contribution in [1.82, 2.24) is 0 Å². The van der Waals surface area contributed by atoms with Crippen molar-refractivity contribution in [2.75, 3.05) is 0 Å². The highest BCUT2D eigenvalue weighted by atomic mass is 16.1. The summed E-state index contributed by atoms with van der Waals surface area (Å²) in [5.41, 5.74) is 6.92. The highest BCUT2D eigenvalue weighted by Gasteiger charge is 2.14. The van der Waals surface area contributed by atoms with Crippen LogP contribution in [0.1, 0.15) is 26.3 Å². The van der Waals surface area contributed by atoms with Gasteiger partial charge in [-0.05, 0) is 29.8 Å². The van der Waals surface area contributed by atoms with Crippen molar-refractivity contribution in [2.24, 2.45) is 5.73 Å². The molecule has 2 N–H and O–H groups in total. The van der Waals surface area contributed by atoms with Crippen LogP contribution in [-0.2, 0) is 0 Å². The van der Waals surface area contributed by atoms with Crippen LogP contribution in [0.25, 0.3) is 6.08 Å². The Balaban J connectivity index is 2.57. The largest absolute Gasteiger partial charge is 0.366 e. The van der Waals surface area contributed by atoms with Crippen molar-refractivity contribution in [3.63, 3.8) is 0 Å². The predicted octanol–water partition coefficient (Wildman–Crippen LogP) is 0.995. The first-order valence-corrected chi connectivity index (χ1v) is 3.85. The summed E-state index contributed by atoms with van der Waals surface area (Å²) in [5, 5.41) is 0. The summed E-state index contributed by atoms with van der Waals surface area (Å²) in [6.07, 6.45) is 3.17. The molecule has 0 aromatic heterocycles. The molecular formula is C10H7NO2. The van der Waals surface area contributed by atoms with Gasteiger partial charge in [-0.3, -0.25) is 9.59 Å². The second-order valence-corrected chi connectivity index (χ2v) is 2.86. The molecule has 1 aliphatic carbocycles. The number of hydrogen-bond acceptors (Lipinski definition) is 2. The third-order valence-electron chi connectivity index (χ3n) is 2.02. The van der Waals surface area contributed by atoms with Crippen molar-refractivity contribution in [2.45, 2.75) is 0 Å². The number of amides is 1. The predicted molar refractivity (Wildman–Crippen MR) is 48.3 cm³/mol. The Morgan fingerprint density at radius 1 is 1.23 bits per heavy atom. The highest BCUT2D eigenvalue weighted by molar-refractivity contribution is 6.14. The fourth-order valence-electron chi connectivity index (χ4n) is 1.33. The van der Waals surface area contributed by atoms with Crippen molar-refractivity contribution in [3.05, 3.63) is 41.0 Å². The van der Waals surface area contributed by atoms with Gasteiger partial charge in [0.25, 0.3) is 0 Å². The van der Waals surface area contributed by atoms with Gasteiger partial charge < -0.3 is 5.73 Å². The van der Waals surface area contributed by atoms with Gasteiger partial charge in [-0.2, -0.15) is 0 Å². The molecule has 0 atom stereocenters. The zero-order valence-corrected chi connectivity index (χ0v) is 6.78. The van der Waals surface area contributed by atoms with Crippen LogP contribution in [0.5, 0.6) is 0 Å². The first kappa shape index (κ1) is 7.73. The maximum atomic E-state index is 11.1. The lowest BCUT2D eigenvalue weighted by Gasteiger charge is -1.99. The quantitative estimate of drug-likeness (QED) is 0.688. The average molecular weight is 173 g/mol. The van der Waals surface area contributed by atoms with Crippen molar-refractivity contribution >= 4 is 17.8 Å². The molecule has 0 bridgehead atoms. The van der Waals surface area contributed by atoms with Crippen molar-refractivity contribution < 1.29 is 9.59 Å². The van der Waals surface area contributed by atoms with Crippen LogP contribution < -0.4 is 5.73 Å². The van der Waals surface area contributed by atoms with Gasteiger partial charge in [0.15, 0.2) is 5.78 Å². The molecule has 2 rings (SSSR count). The maximum absolute atomic E-state index is 11.1. The minimum Gasteiger partial charge on any atom is -0.366 e. The SMILES string of the molecule is NC(=O)c1ccc2c(c1)C=CC2=O. The summed E-state index contributed by atoms with van der Waals surface area (Å²) in [7, 11) is 0. The Kier molecular flexibility index (Phi) is 1.52. The van der Waals surface area contributed by atoms with Crippen LogP contribution >= 0.6 is 0 Å². The first-order valence-electron chi connectivity index (χ1n) is 3.85. The molecule has 1 aliphatic rings. The number of benzene rings is 1.